The molecule has 1 aromatic carbocycles. The number of aliphatic carboxylic acids is 1. The van der Waals surface area contributed by atoms with E-state index in [9.17, 15) is 4.79 Å². The largest absolute Gasteiger partial charge is 0.481 e. The molecule has 0 aliphatic rings. The Morgan fingerprint density at radius 3 is 2.62 bits per heavy atom. The number of carboxylic acids is 1. The van der Waals surface area contributed by atoms with Gasteiger partial charge in [-0.2, -0.15) is 0 Å². The predicted octanol–water partition coefficient (Wildman–Crippen LogP) is 2.69. The third-order valence-corrected chi connectivity index (χ3v) is 2.26. The van der Waals surface area contributed by atoms with Crippen LogP contribution in [0.2, 0.25) is 0 Å². The van der Waals surface area contributed by atoms with E-state index in [0.29, 0.717) is 6.42 Å². The van der Waals surface area contributed by atoms with E-state index in [-0.39, 0.29) is 6.42 Å². The minimum absolute atomic E-state index is 0.233. The van der Waals surface area contributed by atoms with Crippen LogP contribution in [0.25, 0.3) is 0 Å². The summed E-state index contributed by atoms with van der Waals surface area (Å²) in [6.45, 7) is 4.38. The molecule has 0 atom stereocenters. The van der Waals surface area contributed by atoms with E-state index in [2.05, 4.69) is 11.9 Å². The number of carbonyl (C=O) groups is 1. The summed E-state index contributed by atoms with van der Waals surface area (Å²) < 4.78 is 0. The smallest absolute Gasteiger partial charge is 0.303 e. The highest BCUT2D eigenvalue weighted by Crippen LogP contribution is 2.11. The van der Waals surface area contributed by atoms with Crippen molar-refractivity contribution in [3.05, 3.63) is 42.5 Å². The van der Waals surface area contributed by atoms with Crippen molar-refractivity contribution in [3.8, 4) is 0 Å². The van der Waals surface area contributed by atoms with E-state index in [1.54, 1.807) is 6.08 Å². The Kier molecular flexibility index (Phi) is 5.12. The van der Waals surface area contributed by atoms with E-state index >= 15 is 0 Å². The standard InChI is InChI=1S/C13H17NO2/c1-2-10-14-12-8-6-11(7-9-12)4-3-5-13(15)16/h2,6-9,14H,1,3-5,10H2,(H,15,16). The van der Waals surface area contributed by atoms with Crippen molar-refractivity contribution in [2.24, 2.45) is 0 Å². The molecule has 3 heteroatoms. The summed E-state index contributed by atoms with van der Waals surface area (Å²) in [5.41, 5.74) is 2.23. The Hall–Kier alpha value is -1.77. The van der Waals surface area contributed by atoms with Crippen molar-refractivity contribution in [3.63, 3.8) is 0 Å². The van der Waals surface area contributed by atoms with E-state index in [1.807, 2.05) is 24.3 Å². The summed E-state index contributed by atoms with van der Waals surface area (Å²) in [6, 6.07) is 8.04. The molecule has 0 heterocycles. The predicted molar refractivity (Wildman–Crippen MR) is 65.7 cm³/mol. The van der Waals surface area contributed by atoms with Crippen LogP contribution in [-0.4, -0.2) is 17.6 Å². The Bertz CT molecular complexity index is 343. The molecule has 0 saturated carbocycles. The molecule has 0 aliphatic heterocycles. The molecule has 0 aromatic heterocycles. The van der Waals surface area contributed by atoms with Crippen molar-refractivity contribution in [1.29, 1.82) is 0 Å². The molecule has 1 aromatic rings. The van der Waals surface area contributed by atoms with E-state index < -0.39 is 5.97 Å². The molecular formula is C13H17NO2. The minimum Gasteiger partial charge on any atom is -0.481 e. The van der Waals surface area contributed by atoms with Gasteiger partial charge in [-0.25, -0.2) is 0 Å². The molecule has 0 fully saturated rings. The lowest BCUT2D eigenvalue weighted by molar-refractivity contribution is -0.137. The quantitative estimate of drug-likeness (QED) is 0.693. The normalized spacial score (nSPS) is 9.75. The maximum absolute atomic E-state index is 10.3. The number of anilines is 1. The fourth-order valence-electron chi connectivity index (χ4n) is 1.42. The van der Waals surface area contributed by atoms with Crippen LogP contribution in [0.1, 0.15) is 18.4 Å². The number of benzene rings is 1. The first kappa shape index (κ1) is 12.3. The summed E-state index contributed by atoms with van der Waals surface area (Å²) >= 11 is 0. The molecule has 0 aliphatic carbocycles. The highest BCUT2D eigenvalue weighted by molar-refractivity contribution is 5.66. The monoisotopic (exact) mass is 219 g/mol. The Labute approximate surface area is 95.8 Å². The van der Waals surface area contributed by atoms with Gasteiger partial charge in [-0.3, -0.25) is 4.79 Å². The SMILES string of the molecule is C=CCNc1ccc(CCCC(=O)O)cc1. The van der Waals surface area contributed by atoms with E-state index in [1.165, 1.54) is 5.56 Å². The van der Waals surface area contributed by atoms with Crippen molar-refractivity contribution >= 4 is 11.7 Å². The van der Waals surface area contributed by atoms with Crippen LogP contribution in [0.4, 0.5) is 5.69 Å². The average molecular weight is 219 g/mol. The first-order chi connectivity index (χ1) is 7.72. The Balaban J connectivity index is 2.38. The second-order valence-corrected chi connectivity index (χ2v) is 3.61. The summed E-state index contributed by atoms with van der Waals surface area (Å²) in [5.74, 6) is -0.732. The molecule has 16 heavy (non-hydrogen) atoms. The zero-order chi connectivity index (χ0) is 11.8. The molecule has 0 bridgehead atoms. The van der Waals surface area contributed by atoms with Gasteiger partial charge in [0, 0.05) is 18.7 Å². The average Bonchev–Trinajstić information content (AvgIpc) is 2.27. The molecule has 2 N–H and O–H groups in total. The number of hydrogen-bond donors (Lipinski definition) is 2. The summed E-state index contributed by atoms with van der Waals surface area (Å²) in [5, 5.41) is 11.7. The minimum atomic E-state index is -0.732. The molecule has 86 valence electrons. The topological polar surface area (TPSA) is 49.3 Å². The zero-order valence-electron chi connectivity index (χ0n) is 9.28. The van der Waals surface area contributed by atoms with Crippen LogP contribution in [-0.2, 0) is 11.2 Å². The van der Waals surface area contributed by atoms with Crippen LogP contribution in [0, 0.1) is 0 Å². The van der Waals surface area contributed by atoms with Gasteiger partial charge in [0.15, 0.2) is 0 Å². The van der Waals surface area contributed by atoms with Crippen LogP contribution in [0.15, 0.2) is 36.9 Å². The van der Waals surface area contributed by atoms with Gasteiger partial charge in [-0.15, -0.1) is 6.58 Å². The first-order valence-electron chi connectivity index (χ1n) is 5.38. The van der Waals surface area contributed by atoms with Gasteiger partial charge in [0.25, 0.3) is 0 Å². The zero-order valence-corrected chi connectivity index (χ0v) is 9.28. The Morgan fingerprint density at radius 2 is 2.06 bits per heavy atom. The van der Waals surface area contributed by atoms with Gasteiger partial charge in [-0.05, 0) is 30.5 Å². The lowest BCUT2D eigenvalue weighted by Crippen LogP contribution is -1.98. The molecule has 0 radical (unpaired) electrons. The third-order valence-electron chi connectivity index (χ3n) is 2.26. The highest BCUT2D eigenvalue weighted by atomic mass is 16.4. The van der Waals surface area contributed by atoms with Crippen LogP contribution < -0.4 is 5.32 Å². The fraction of sp³-hybridized carbons (Fsp3) is 0.308. The second kappa shape index (κ2) is 6.67. The summed E-state index contributed by atoms with van der Waals surface area (Å²) in [7, 11) is 0. The van der Waals surface area contributed by atoms with Gasteiger partial charge in [-0.1, -0.05) is 18.2 Å². The highest BCUT2D eigenvalue weighted by Gasteiger charge is 1.98. The molecule has 0 amide bonds. The molecule has 0 spiro atoms. The maximum atomic E-state index is 10.3. The van der Waals surface area contributed by atoms with Crippen LogP contribution in [0.3, 0.4) is 0 Å². The van der Waals surface area contributed by atoms with Crippen molar-refractivity contribution in [1.82, 2.24) is 0 Å². The number of nitrogens with one attached hydrogen (secondary N) is 1. The van der Waals surface area contributed by atoms with Gasteiger partial charge in [0.2, 0.25) is 0 Å². The van der Waals surface area contributed by atoms with E-state index in [0.717, 1.165) is 18.7 Å². The van der Waals surface area contributed by atoms with Crippen molar-refractivity contribution < 1.29 is 9.90 Å². The van der Waals surface area contributed by atoms with E-state index in [4.69, 9.17) is 5.11 Å². The fourth-order valence-corrected chi connectivity index (χ4v) is 1.42. The molecule has 0 saturated heterocycles. The number of rotatable bonds is 7. The summed E-state index contributed by atoms with van der Waals surface area (Å²) in [4.78, 5) is 10.3. The van der Waals surface area contributed by atoms with Gasteiger partial charge >= 0.3 is 5.97 Å². The second-order valence-electron chi connectivity index (χ2n) is 3.61. The Morgan fingerprint density at radius 1 is 1.38 bits per heavy atom. The van der Waals surface area contributed by atoms with Gasteiger partial charge < -0.3 is 10.4 Å². The lowest BCUT2D eigenvalue weighted by atomic mass is 10.1. The maximum Gasteiger partial charge on any atom is 0.303 e. The third kappa shape index (κ3) is 4.64. The number of carboxylic acid groups (broad SMARTS) is 1. The molecule has 3 nitrogen and oxygen atoms in total. The number of hydrogen-bond acceptors (Lipinski definition) is 2. The molecule has 1 rings (SSSR count). The first-order valence-corrected chi connectivity index (χ1v) is 5.38. The summed E-state index contributed by atoms with van der Waals surface area (Å²) in [6.07, 6.45) is 3.54. The lowest BCUT2D eigenvalue weighted by Gasteiger charge is -2.04. The van der Waals surface area contributed by atoms with Gasteiger partial charge in [0.05, 0.1) is 0 Å². The molecule has 0 unspecified atom stereocenters. The van der Waals surface area contributed by atoms with Crippen LogP contribution in [0.5, 0.6) is 0 Å². The number of aryl methyl sites for hydroxylation is 1. The van der Waals surface area contributed by atoms with Gasteiger partial charge in [0.1, 0.15) is 0 Å². The van der Waals surface area contributed by atoms with Crippen LogP contribution >= 0.6 is 0 Å². The molecular weight excluding hydrogens is 202 g/mol. The van der Waals surface area contributed by atoms with Crippen molar-refractivity contribution in [2.45, 2.75) is 19.3 Å². The van der Waals surface area contributed by atoms with Crippen molar-refractivity contribution in [2.75, 3.05) is 11.9 Å².